The molecule has 0 unspecified atom stereocenters. The zero-order valence-electron chi connectivity index (χ0n) is 14.2. The molecule has 0 aliphatic rings. The third-order valence-corrected chi connectivity index (χ3v) is 4.04. The molecule has 2 rings (SSSR count). The fraction of sp³-hybridized carbons (Fsp3) is 0.222. The van der Waals surface area contributed by atoms with Crippen molar-refractivity contribution in [3.8, 4) is 11.5 Å². The lowest BCUT2D eigenvalue weighted by Crippen LogP contribution is -2.28. The molecule has 0 spiro atoms. The van der Waals surface area contributed by atoms with Gasteiger partial charge in [0.1, 0.15) is 17.1 Å². The first-order chi connectivity index (χ1) is 12.5. The van der Waals surface area contributed by atoms with Crippen molar-refractivity contribution in [1.29, 1.82) is 0 Å². The van der Waals surface area contributed by atoms with Gasteiger partial charge in [0.2, 0.25) is 0 Å². The van der Waals surface area contributed by atoms with Crippen molar-refractivity contribution >= 4 is 35.1 Å². The van der Waals surface area contributed by atoms with Gasteiger partial charge >= 0.3 is 5.97 Å². The average molecular weight is 398 g/mol. The quantitative estimate of drug-likeness (QED) is 0.723. The number of amides is 1. The third kappa shape index (κ3) is 5.03. The van der Waals surface area contributed by atoms with Crippen molar-refractivity contribution < 1.29 is 23.8 Å². The van der Waals surface area contributed by atoms with Crippen molar-refractivity contribution in [1.82, 2.24) is 5.32 Å². The van der Waals surface area contributed by atoms with E-state index in [9.17, 15) is 9.59 Å². The molecule has 1 N–H and O–H groups in total. The molecule has 26 heavy (non-hydrogen) atoms. The van der Waals surface area contributed by atoms with Gasteiger partial charge in [-0.05, 0) is 29.8 Å². The van der Waals surface area contributed by atoms with E-state index < -0.39 is 18.5 Å². The van der Waals surface area contributed by atoms with E-state index >= 15 is 0 Å². The molecule has 0 aromatic heterocycles. The molecule has 8 heteroatoms. The molecule has 138 valence electrons. The number of halogens is 2. The highest BCUT2D eigenvalue weighted by Gasteiger charge is 2.20. The first-order valence-electron chi connectivity index (χ1n) is 7.55. The van der Waals surface area contributed by atoms with Crippen molar-refractivity contribution in [2.24, 2.45) is 0 Å². The monoisotopic (exact) mass is 397 g/mol. The summed E-state index contributed by atoms with van der Waals surface area (Å²) in [6.45, 7) is -0.268. The molecule has 0 fully saturated rings. The molecule has 0 saturated heterocycles. The molecular weight excluding hydrogens is 381 g/mol. The smallest absolute Gasteiger partial charge is 0.346 e. The van der Waals surface area contributed by atoms with E-state index in [1.807, 2.05) is 0 Å². The molecular formula is C18H17Cl2NO5. The summed E-state index contributed by atoms with van der Waals surface area (Å²) in [4.78, 5) is 24.2. The van der Waals surface area contributed by atoms with Gasteiger partial charge in [0, 0.05) is 16.6 Å². The Kier molecular flexibility index (Phi) is 7.12. The van der Waals surface area contributed by atoms with Crippen LogP contribution < -0.4 is 14.8 Å². The summed E-state index contributed by atoms with van der Waals surface area (Å²) in [5, 5.41) is 3.56. The van der Waals surface area contributed by atoms with Gasteiger partial charge in [0.25, 0.3) is 5.91 Å². The fourth-order valence-electron chi connectivity index (χ4n) is 2.17. The van der Waals surface area contributed by atoms with Gasteiger partial charge in [-0.2, -0.15) is 0 Å². The van der Waals surface area contributed by atoms with Crippen LogP contribution in [0.2, 0.25) is 10.0 Å². The number of esters is 1. The Labute approximate surface area is 160 Å². The molecule has 0 aliphatic heterocycles. The van der Waals surface area contributed by atoms with Crippen LogP contribution in [0, 0.1) is 0 Å². The van der Waals surface area contributed by atoms with Crippen LogP contribution in [0.4, 0.5) is 0 Å². The van der Waals surface area contributed by atoms with Gasteiger partial charge in [-0.3, -0.25) is 4.79 Å². The van der Waals surface area contributed by atoms with E-state index in [0.717, 1.165) is 0 Å². The molecule has 6 nitrogen and oxygen atoms in total. The number of carbonyl (C=O) groups excluding carboxylic acids is 2. The summed E-state index contributed by atoms with van der Waals surface area (Å²) in [6, 6.07) is 9.83. The molecule has 1 amide bonds. The van der Waals surface area contributed by atoms with Crippen LogP contribution in [0.1, 0.15) is 15.9 Å². The van der Waals surface area contributed by atoms with Crippen molar-refractivity contribution in [2.45, 2.75) is 6.54 Å². The van der Waals surface area contributed by atoms with Crippen LogP contribution >= 0.6 is 23.2 Å². The van der Waals surface area contributed by atoms with E-state index in [1.54, 1.807) is 36.4 Å². The Morgan fingerprint density at radius 3 is 2.27 bits per heavy atom. The number of nitrogens with one attached hydrogen (secondary N) is 1. The topological polar surface area (TPSA) is 73.9 Å². The Morgan fingerprint density at radius 1 is 1.04 bits per heavy atom. The molecule has 2 aromatic rings. The van der Waals surface area contributed by atoms with Gasteiger partial charge in [-0.1, -0.05) is 35.3 Å². The van der Waals surface area contributed by atoms with E-state index in [2.05, 4.69) is 5.32 Å². The highest BCUT2D eigenvalue weighted by atomic mass is 35.5. The number of rotatable bonds is 7. The second-order valence-corrected chi connectivity index (χ2v) is 5.97. The van der Waals surface area contributed by atoms with Crippen LogP contribution in [0.3, 0.4) is 0 Å². The summed E-state index contributed by atoms with van der Waals surface area (Å²) in [6.07, 6.45) is 0. The van der Waals surface area contributed by atoms with Crippen LogP contribution in [-0.2, 0) is 16.1 Å². The van der Waals surface area contributed by atoms with Crippen LogP contribution in [0.15, 0.2) is 36.4 Å². The molecule has 0 bridgehead atoms. The van der Waals surface area contributed by atoms with E-state index in [4.69, 9.17) is 37.4 Å². The molecule has 0 saturated carbocycles. The number of hydrogen-bond acceptors (Lipinski definition) is 5. The summed E-state index contributed by atoms with van der Waals surface area (Å²) >= 11 is 11.9. The van der Waals surface area contributed by atoms with Crippen molar-refractivity contribution in [2.75, 3.05) is 20.8 Å². The third-order valence-electron chi connectivity index (χ3n) is 3.46. The first-order valence-corrected chi connectivity index (χ1v) is 8.30. The molecule has 0 heterocycles. The van der Waals surface area contributed by atoms with Gasteiger partial charge < -0.3 is 19.5 Å². The average Bonchev–Trinajstić information content (AvgIpc) is 2.64. The van der Waals surface area contributed by atoms with E-state index in [1.165, 1.54) is 14.2 Å². The minimum Gasteiger partial charge on any atom is -0.496 e. The highest BCUT2D eigenvalue weighted by molar-refractivity contribution is 6.35. The SMILES string of the molecule is COc1cccc(OC)c1C(=O)OCC(=O)NCc1ccc(Cl)cc1Cl. The second kappa shape index (κ2) is 9.31. The van der Waals surface area contributed by atoms with E-state index in [-0.39, 0.29) is 12.1 Å². The molecule has 0 aliphatic carbocycles. The Bertz CT molecular complexity index is 788. The first kappa shape index (κ1) is 19.9. The van der Waals surface area contributed by atoms with Gasteiger partial charge in [0.15, 0.2) is 6.61 Å². The molecule has 0 atom stereocenters. The van der Waals surface area contributed by atoms with Crippen LogP contribution in [0.5, 0.6) is 11.5 Å². The Morgan fingerprint density at radius 2 is 1.69 bits per heavy atom. The lowest BCUT2D eigenvalue weighted by Gasteiger charge is -2.12. The maximum Gasteiger partial charge on any atom is 0.346 e. The van der Waals surface area contributed by atoms with Gasteiger partial charge in [0.05, 0.1) is 14.2 Å². The number of carbonyl (C=O) groups is 2. The number of hydrogen-bond donors (Lipinski definition) is 1. The zero-order valence-corrected chi connectivity index (χ0v) is 15.7. The van der Waals surface area contributed by atoms with E-state index in [0.29, 0.717) is 27.1 Å². The highest BCUT2D eigenvalue weighted by Crippen LogP contribution is 2.28. The maximum absolute atomic E-state index is 12.3. The summed E-state index contributed by atoms with van der Waals surface area (Å²) in [5.41, 5.74) is 0.813. The second-order valence-electron chi connectivity index (χ2n) is 5.13. The van der Waals surface area contributed by atoms with Gasteiger partial charge in [-0.15, -0.1) is 0 Å². The lowest BCUT2D eigenvalue weighted by molar-refractivity contribution is -0.124. The fourth-order valence-corrected chi connectivity index (χ4v) is 2.64. The molecule has 0 radical (unpaired) electrons. The number of benzene rings is 2. The standard InChI is InChI=1S/C18H17Cl2NO5/c1-24-14-4-3-5-15(25-2)17(14)18(23)26-10-16(22)21-9-11-6-7-12(19)8-13(11)20/h3-8H,9-10H2,1-2H3,(H,21,22). The Hall–Kier alpha value is -2.44. The lowest BCUT2D eigenvalue weighted by atomic mass is 10.2. The summed E-state index contributed by atoms with van der Waals surface area (Å²) in [7, 11) is 2.85. The zero-order chi connectivity index (χ0) is 19.1. The number of methoxy groups -OCH3 is 2. The summed E-state index contributed by atoms with van der Waals surface area (Å²) < 4.78 is 15.3. The summed E-state index contributed by atoms with van der Waals surface area (Å²) in [5.74, 6) is -0.609. The maximum atomic E-state index is 12.3. The normalized spacial score (nSPS) is 10.2. The van der Waals surface area contributed by atoms with Crippen LogP contribution in [-0.4, -0.2) is 32.7 Å². The predicted molar refractivity (Wildman–Crippen MR) is 98.1 cm³/mol. The van der Waals surface area contributed by atoms with Crippen molar-refractivity contribution in [3.63, 3.8) is 0 Å². The van der Waals surface area contributed by atoms with Gasteiger partial charge in [-0.25, -0.2) is 4.79 Å². The van der Waals surface area contributed by atoms with Crippen molar-refractivity contribution in [3.05, 3.63) is 57.6 Å². The molecule has 2 aromatic carbocycles. The van der Waals surface area contributed by atoms with Crippen LogP contribution in [0.25, 0.3) is 0 Å². The minimum absolute atomic E-state index is 0.117. The Balaban J connectivity index is 1.94. The predicted octanol–water partition coefficient (Wildman–Crippen LogP) is 3.48. The largest absolute Gasteiger partial charge is 0.496 e. The number of ether oxygens (including phenoxy) is 3. The minimum atomic E-state index is -0.723.